The first kappa shape index (κ1) is 25.5. The van der Waals surface area contributed by atoms with Gasteiger partial charge in [0.1, 0.15) is 0 Å². The van der Waals surface area contributed by atoms with Gasteiger partial charge in [-0.25, -0.2) is 0 Å². The van der Waals surface area contributed by atoms with Crippen molar-refractivity contribution in [2.45, 2.75) is 33.0 Å². The van der Waals surface area contributed by atoms with Crippen molar-refractivity contribution in [2.24, 2.45) is 4.99 Å². The van der Waals surface area contributed by atoms with Crippen molar-refractivity contribution in [3.8, 4) is 11.5 Å². The van der Waals surface area contributed by atoms with Gasteiger partial charge in [0.15, 0.2) is 17.5 Å². The third kappa shape index (κ3) is 7.44. The lowest BCUT2D eigenvalue weighted by atomic mass is 10.1. The highest BCUT2D eigenvalue weighted by atomic mass is 127. The highest BCUT2D eigenvalue weighted by molar-refractivity contribution is 14.0. The lowest BCUT2D eigenvalue weighted by molar-refractivity contribution is 0.294. The minimum absolute atomic E-state index is 0. The maximum absolute atomic E-state index is 5.73. The van der Waals surface area contributed by atoms with Crippen LogP contribution >= 0.6 is 24.0 Å². The predicted octanol–water partition coefficient (Wildman–Crippen LogP) is 4.21. The van der Waals surface area contributed by atoms with Gasteiger partial charge >= 0.3 is 0 Å². The van der Waals surface area contributed by atoms with Crippen molar-refractivity contribution >= 4 is 29.9 Å². The normalized spacial score (nSPS) is 10.9. The van der Waals surface area contributed by atoms with E-state index in [0.29, 0.717) is 19.7 Å². The molecule has 1 aromatic heterocycles. The molecule has 172 valence electrons. The number of benzene rings is 2. The average Bonchev–Trinajstić information content (AvgIpc) is 3.32. The second-order valence-electron chi connectivity index (χ2n) is 7.09. The molecule has 1 heterocycles. The Balaban J connectivity index is 0.00000363. The van der Waals surface area contributed by atoms with Crippen LogP contribution in [0.1, 0.15) is 30.0 Å². The van der Waals surface area contributed by atoms with E-state index in [4.69, 9.17) is 9.47 Å². The molecule has 0 bridgehead atoms. The Labute approximate surface area is 207 Å². The highest BCUT2D eigenvalue weighted by Crippen LogP contribution is 2.28. The van der Waals surface area contributed by atoms with E-state index in [0.717, 1.165) is 36.0 Å². The Morgan fingerprint density at radius 1 is 1.03 bits per heavy atom. The molecule has 0 atom stereocenters. The van der Waals surface area contributed by atoms with Gasteiger partial charge in [0.05, 0.1) is 20.3 Å². The fourth-order valence-corrected chi connectivity index (χ4v) is 3.19. The molecule has 0 fully saturated rings. The highest BCUT2D eigenvalue weighted by Gasteiger charge is 2.08. The van der Waals surface area contributed by atoms with Gasteiger partial charge in [0.25, 0.3) is 0 Å². The molecule has 0 spiro atoms. The van der Waals surface area contributed by atoms with Gasteiger partial charge in [-0.3, -0.25) is 9.67 Å². The van der Waals surface area contributed by atoms with Gasteiger partial charge in [0, 0.05) is 32.5 Å². The van der Waals surface area contributed by atoms with E-state index in [1.165, 1.54) is 11.1 Å². The van der Waals surface area contributed by atoms with Gasteiger partial charge in [-0.15, -0.1) is 24.0 Å². The van der Waals surface area contributed by atoms with Crippen LogP contribution in [0, 0.1) is 0 Å². The number of methoxy groups -OCH3 is 1. The maximum Gasteiger partial charge on any atom is 0.191 e. The Kier molecular flexibility index (Phi) is 10.9. The smallest absolute Gasteiger partial charge is 0.191 e. The topological polar surface area (TPSA) is 72.7 Å². The summed E-state index contributed by atoms with van der Waals surface area (Å²) in [6, 6.07) is 16.3. The maximum atomic E-state index is 5.73. The number of hydrogen-bond acceptors (Lipinski definition) is 4. The van der Waals surface area contributed by atoms with Crippen molar-refractivity contribution < 1.29 is 9.47 Å². The second-order valence-corrected chi connectivity index (χ2v) is 7.09. The number of guanidine groups is 1. The summed E-state index contributed by atoms with van der Waals surface area (Å²) < 4.78 is 13.1. The summed E-state index contributed by atoms with van der Waals surface area (Å²) >= 11 is 0. The molecule has 2 N–H and O–H groups in total. The molecule has 0 saturated heterocycles. The lowest BCUT2D eigenvalue weighted by Gasteiger charge is -2.15. The van der Waals surface area contributed by atoms with E-state index in [-0.39, 0.29) is 24.0 Å². The summed E-state index contributed by atoms with van der Waals surface area (Å²) in [6.07, 6.45) is 4.72. The molecule has 3 aromatic rings. The third-order valence-corrected chi connectivity index (χ3v) is 4.83. The Morgan fingerprint density at radius 3 is 2.50 bits per heavy atom. The van der Waals surface area contributed by atoms with Crippen molar-refractivity contribution in [1.29, 1.82) is 0 Å². The number of aromatic nitrogens is 2. The fourth-order valence-electron chi connectivity index (χ4n) is 3.19. The Morgan fingerprint density at radius 2 is 1.81 bits per heavy atom. The Bertz CT molecular complexity index is 976. The second kappa shape index (κ2) is 13.6. The standard InChI is InChI=1S/C24H31N5O2.HI/c1-4-14-31-22-11-10-19(15-23(22)30-3)16-26-24(25-2)27-17-20-8-5-6-9-21(20)18-29-13-7-12-28-29;/h5-13,15H,4,14,16-18H2,1-3H3,(H2,25,26,27);1H. The predicted molar refractivity (Wildman–Crippen MR) is 139 cm³/mol. The van der Waals surface area contributed by atoms with Crippen LogP contribution in [0.2, 0.25) is 0 Å². The van der Waals surface area contributed by atoms with E-state index in [1.54, 1.807) is 20.4 Å². The first-order chi connectivity index (χ1) is 15.2. The van der Waals surface area contributed by atoms with Gasteiger partial charge in [-0.1, -0.05) is 37.3 Å². The molecule has 32 heavy (non-hydrogen) atoms. The number of aliphatic imine (C=N–C) groups is 1. The lowest BCUT2D eigenvalue weighted by Crippen LogP contribution is -2.36. The summed E-state index contributed by atoms with van der Waals surface area (Å²) in [7, 11) is 3.43. The molecule has 0 aliphatic rings. The van der Waals surface area contributed by atoms with Crippen molar-refractivity contribution in [1.82, 2.24) is 20.4 Å². The van der Waals surface area contributed by atoms with Crippen molar-refractivity contribution in [3.05, 3.63) is 77.6 Å². The molecule has 2 aromatic carbocycles. The van der Waals surface area contributed by atoms with Crippen LogP contribution in [0.15, 0.2) is 65.9 Å². The number of ether oxygens (including phenoxy) is 2. The summed E-state index contributed by atoms with van der Waals surface area (Å²) in [5, 5.41) is 11.1. The van der Waals surface area contributed by atoms with E-state index in [1.807, 2.05) is 41.2 Å². The van der Waals surface area contributed by atoms with Crippen LogP contribution in [0.25, 0.3) is 0 Å². The molecule has 3 rings (SSSR count). The van der Waals surface area contributed by atoms with Crippen LogP contribution in [0.3, 0.4) is 0 Å². The molecular formula is C24H32IN5O2. The molecule has 0 aliphatic heterocycles. The summed E-state index contributed by atoms with van der Waals surface area (Å²) in [6.45, 7) is 4.79. The first-order valence-electron chi connectivity index (χ1n) is 10.5. The molecular weight excluding hydrogens is 517 g/mol. The number of nitrogens with one attached hydrogen (secondary N) is 2. The minimum Gasteiger partial charge on any atom is -0.493 e. The van der Waals surface area contributed by atoms with Crippen molar-refractivity contribution in [2.75, 3.05) is 20.8 Å². The quantitative estimate of drug-likeness (QED) is 0.225. The van der Waals surface area contributed by atoms with Crippen LogP contribution in [-0.2, 0) is 19.6 Å². The molecule has 0 unspecified atom stereocenters. The van der Waals surface area contributed by atoms with E-state index in [2.05, 4.69) is 45.8 Å². The van der Waals surface area contributed by atoms with E-state index < -0.39 is 0 Å². The van der Waals surface area contributed by atoms with Crippen LogP contribution in [0.5, 0.6) is 11.5 Å². The van der Waals surface area contributed by atoms with Gasteiger partial charge in [-0.05, 0) is 41.3 Å². The van der Waals surface area contributed by atoms with E-state index in [9.17, 15) is 0 Å². The molecule has 8 heteroatoms. The van der Waals surface area contributed by atoms with E-state index >= 15 is 0 Å². The summed E-state index contributed by atoms with van der Waals surface area (Å²) in [5.41, 5.74) is 3.52. The first-order valence-corrected chi connectivity index (χ1v) is 10.5. The molecule has 0 radical (unpaired) electrons. The van der Waals surface area contributed by atoms with Gasteiger partial charge in [0.2, 0.25) is 0 Å². The number of nitrogens with zero attached hydrogens (tertiary/aromatic N) is 3. The Hall–Kier alpha value is -2.75. The molecule has 0 saturated carbocycles. The third-order valence-electron chi connectivity index (χ3n) is 4.83. The van der Waals surface area contributed by atoms with Crippen molar-refractivity contribution in [3.63, 3.8) is 0 Å². The summed E-state index contributed by atoms with van der Waals surface area (Å²) in [4.78, 5) is 4.35. The average molecular weight is 549 g/mol. The van der Waals surface area contributed by atoms with Gasteiger partial charge in [-0.2, -0.15) is 5.10 Å². The zero-order valence-electron chi connectivity index (χ0n) is 18.9. The summed E-state index contributed by atoms with van der Waals surface area (Å²) in [5.74, 6) is 2.24. The van der Waals surface area contributed by atoms with Crippen LogP contribution in [0.4, 0.5) is 0 Å². The largest absolute Gasteiger partial charge is 0.493 e. The van der Waals surface area contributed by atoms with Crippen LogP contribution in [-0.4, -0.2) is 36.5 Å². The van der Waals surface area contributed by atoms with Crippen LogP contribution < -0.4 is 20.1 Å². The number of halogens is 1. The molecule has 0 amide bonds. The van der Waals surface area contributed by atoms with Gasteiger partial charge < -0.3 is 20.1 Å². The zero-order valence-corrected chi connectivity index (χ0v) is 21.2. The number of rotatable bonds is 10. The molecule has 0 aliphatic carbocycles. The monoisotopic (exact) mass is 549 g/mol. The fraction of sp³-hybridized carbons (Fsp3) is 0.333. The zero-order chi connectivity index (χ0) is 21.9. The SMILES string of the molecule is CCCOc1ccc(CNC(=NC)NCc2ccccc2Cn2cccn2)cc1OC.I. The minimum atomic E-state index is 0. The molecule has 7 nitrogen and oxygen atoms in total. The number of hydrogen-bond donors (Lipinski definition) is 2.